The van der Waals surface area contributed by atoms with Crippen LogP contribution in [0.25, 0.3) is 0 Å². The van der Waals surface area contributed by atoms with Crippen molar-refractivity contribution in [1.29, 1.82) is 0 Å². The third kappa shape index (κ3) is 5.10. The molecule has 6 nitrogen and oxygen atoms in total. The number of hydrogen-bond donors (Lipinski definition) is 1. The zero-order valence-corrected chi connectivity index (χ0v) is 16.2. The minimum Gasteiger partial charge on any atom is -0.343 e. The van der Waals surface area contributed by atoms with Crippen LogP contribution in [-0.4, -0.2) is 60.2 Å². The third-order valence-electron chi connectivity index (χ3n) is 4.64. The van der Waals surface area contributed by atoms with Crippen LogP contribution in [0.4, 0.5) is 0 Å². The van der Waals surface area contributed by atoms with Crippen molar-refractivity contribution < 1.29 is 14.4 Å². The maximum atomic E-state index is 12.7. The second-order valence-electron chi connectivity index (χ2n) is 6.59. The largest absolute Gasteiger partial charge is 0.343 e. The van der Waals surface area contributed by atoms with Crippen molar-refractivity contribution in [2.75, 3.05) is 32.7 Å². The molecule has 0 spiro atoms. The first kappa shape index (κ1) is 19.9. The molecule has 0 bridgehead atoms. The Balaban J connectivity index is 1.52. The number of hydrogen-bond acceptors (Lipinski definition) is 3. The molecule has 1 saturated heterocycles. The molecule has 7 heteroatoms. The van der Waals surface area contributed by atoms with E-state index in [1.807, 2.05) is 6.07 Å². The summed E-state index contributed by atoms with van der Waals surface area (Å²) in [5, 5.41) is 3.18. The fourth-order valence-corrected chi connectivity index (χ4v) is 3.32. The van der Waals surface area contributed by atoms with E-state index in [4.69, 9.17) is 11.6 Å². The molecule has 1 aliphatic rings. The van der Waals surface area contributed by atoms with Crippen LogP contribution in [-0.2, 0) is 4.79 Å². The fourth-order valence-electron chi connectivity index (χ4n) is 3.13. The van der Waals surface area contributed by atoms with Crippen LogP contribution in [0, 0.1) is 0 Å². The zero-order valence-electron chi connectivity index (χ0n) is 15.4. The SMILES string of the molecule is O=C(NCC(=O)N1CCCN(C(=O)c2cccc(Cl)c2)CC1)c1ccccc1. The molecule has 0 radical (unpaired) electrons. The van der Waals surface area contributed by atoms with Gasteiger partial charge in [0.25, 0.3) is 11.8 Å². The van der Waals surface area contributed by atoms with E-state index in [0.717, 1.165) is 0 Å². The van der Waals surface area contributed by atoms with Gasteiger partial charge in [0.15, 0.2) is 0 Å². The highest BCUT2D eigenvalue weighted by Crippen LogP contribution is 2.14. The summed E-state index contributed by atoms with van der Waals surface area (Å²) in [6, 6.07) is 15.6. The molecule has 0 unspecified atom stereocenters. The molecule has 2 aromatic carbocycles. The Labute approximate surface area is 169 Å². The summed E-state index contributed by atoms with van der Waals surface area (Å²) in [5.74, 6) is -0.517. The molecule has 146 valence electrons. The van der Waals surface area contributed by atoms with Gasteiger partial charge in [-0.15, -0.1) is 0 Å². The van der Waals surface area contributed by atoms with E-state index >= 15 is 0 Å². The van der Waals surface area contributed by atoms with E-state index in [-0.39, 0.29) is 24.3 Å². The standard InChI is InChI=1S/C21H22ClN3O3/c22-18-9-4-8-17(14-18)21(28)25-11-5-10-24(12-13-25)19(26)15-23-20(27)16-6-2-1-3-7-16/h1-4,6-9,14H,5,10-13,15H2,(H,23,27). The maximum absolute atomic E-state index is 12.7. The van der Waals surface area contributed by atoms with Gasteiger partial charge in [-0.05, 0) is 36.8 Å². The van der Waals surface area contributed by atoms with E-state index in [2.05, 4.69) is 5.32 Å². The molecule has 1 fully saturated rings. The quantitative estimate of drug-likeness (QED) is 0.858. The van der Waals surface area contributed by atoms with Gasteiger partial charge in [0, 0.05) is 42.3 Å². The molecular weight excluding hydrogens is 378 g/mol. The van der Waals surface area contributed by atoms with Crippen molar-refractivity contribution in [3.63, 3.8) is 0 Å². The Bertz CT molecular complexity index is 857. The van der Waals surface area contributed by atoms with Gasteiger partial charge >= 0.3 is 0 Å². The maximum Gasteiger partial charge on any atom is 0.253 e. The summed E-state index contributed by atoms with van der Waals surface area (Å²) in [6.07, 6.45) is 0.685. The molecule has 1 heterocycles. The van der Waals surface area contributed by atoms with Crippen LogP contribution in [0.3, 0.4) is 0 Å². The highest BCUT2D eigenvalue weighted by molar-refractivity contribution is 6.30. The summed E-state index contributed by atoms with van der Waals surface area (Å²) < 4.78 is 0. The van der Waals surface area contributed by atoms with E-state index in [1.54, 1.807) is 58.3 Å². The number of carbonyl (C=O) groups excluding carboxylic acids is 3. The molecule has 3 amide bonds. The van der Waals surface area contributed by atoms with Crippen molar-refractivity contribution in [2.24, 2.45) is 0 Å². The van der Waals surface area contributed by atoms with Crippen molar-refractivity contribution >= 4 is 29.3 Å². The van der Waals surface area contributed by atoms with Crippen LogP contribution < -0.4 is 5.32 Å². The minimum absolute atomic E-state index is 0.0596. The number of halogens is 1. The van der Waals surface area contributed by atoms with Crippen molar-refractivity contribution in [3.05, 3.63) is 70.7 Å². The van der Waals surface area contributed by atoms with Crippen molar-refractivity contribution in [1.82, 2.24) is 15.1 Å². The Kier molecular flexibility index (Phi) is 6.66. The summed E-state index contributed by atoms with van der Waals surface area (Å²) in [7, 11) is 0. The van der Waals surface area contributed by atoms with Gasteiger partial charge < -0.3 is 15.1 Å². The topological polar surface area (TPSA) is 69.7 Å². The molecular formula is C21H22ClN3O3. The number of amides is 3. The first-order chi connectivity index (χ1) is 13.5. The van der Waals surface area contributed by atoms with Gasteiger partial charge in [0.2, 0.25) is 5.91 Å². The molecule has 1 aliphatic heterocycles. The predicted octanol–water partition coefficient (Wildman–Crippen LogP) is 2.44. The van der Waals surface area contributed by atoms with Crippen molar-refractivity contribution in [2.45, 2.75) is 6.42 Å². The summed E-state index contributed by atoms with van der Waals surface area (Å²) in [4.78, 5) is 40.6. The van der Waals surface area contributed by atoms with Gasteiger partial charge in [0.05, 0.1) is 6.54 Å². The second kappa shape index (κ2) is 9.37. The number of carbonyl (C=O) groups is 3. The van der Waals surface area contributed by atoms with Crippen LogP contribution >= 0.6 is 11.6 Å². The monoisotopic (exact) mass is 399 g/mol. The van der Waals surface area contributed by atoms with Gasteiger partial charge in [-0.3, -0.25) is 14.4 Å². The molecule has 1 N–H and O–H groups in total. The van der Waals surface area contributed by atoms with Gasteiger partial charge in [-0.25, -0.2) is 0 Å². The molecule has 0 saturated carbocycles. The number of nitrogens with zero attached hydrogens (tertiary/aromatic N) is 2. The number of nitrogens with one attached hydrogen (secondary N) is 1. The normalized spacial score (nSPS) is 14.3. The predicted molar refractivity (Wildman–Crippen MR) is 107 cm³/mol. The lowest BCUT2D eigenvalue weighted by atomic mass is 10.2. The first-order valence-corrected chi connectivity index (χ1v) is 9.58. The lowest BCUT2D eigenvalue weighted by molar-refractivity contribution is -0.129. The third-order valence-corrected chi connectivity index (χ3v) is 4.88. The molecule has 2 aromatic rings. The van der Waals surface area contributed by atoms with Crippen LogP contribution in [0.15, 0.2) is 54.6 Å². The Hall–Kier alpha value is -2.86. The average molecular weight is 400 g/mol. The minimum atomic E-state index is -0.276. The van der Waals surface area contributed by atoms with Crippen LogP contribution in [0.1, 0.15) is 27.1 Å². The lowest BCUT2D eigenvalue weighted by Gasteiger charge is -2.22. The van der Waals surface area contributed by atoms with Crippen molar-refractivity contribution in [3.8, 4) is 0 Å². The Morgan fingerprint density at radius 3 is 2.29 bits per heavy atom. The summed E-state index contributed by atoms with van der Waals surface area (Å²) >= 11 is 5.97. The zero-order chi connectivity index (χ0) is 19.9. The van der Waals surface area contributed by atoms with Gasteiger partial charge in [-0.2, -0.15) is 0 Å². The van der Waals surface area contributed by atoms with Crippen LogP contribution in [0.2, 0.25) is 5.02 Å². The highest BCUT2D eigenvalue weighted by atomic mass is 35.5. The molecule has 0 aliphatic carbocycles. The molecule has 0 atom stereocenters. The number of rotatable bonds is 4. The van der Waals surface area contributed by atoms with Crippen LogP contribution in [0.5, 0.6) is 0 Å². The van der Waals surface area contributed by atoms with E-state index < -0.39 is 0 Å². The Morgan fingerprint density at radius 1 is 0.857 bits per heavy atom. The molecule has 28 heavy (non-hydrogen) atoms. The number of benzene rings is 2. The average Bonchev–Trinajstić information content (AvgIpc) is 2.98. The first-order valence-electron chi connectivity index (χ1n) is 9.20. The second-order valence-corrected chi connectivity index (χ2v) is 7.02. The molecule has 3 rings (SSSR count). The fraction of sp³-hybridized carbons (Fsp3) is 0.286. The summed E-state index contributed by atoms with van der Waals surface area (Å²) in [5.41, 5.74) is 1.06. The molecule has 0 aromatic heterocycles. The lowest BCUT2D eigenvalue weighted by Crippen LogP contribution is -2.42. The van der Waals surface area contributed by atoms with E-state index in [9.17, 15) is 14.4 Å². The van der Waals surface area contributed by atoms with Gasteiger partial charge in [-0.1, -0.05) is 35.9 Å². The summed E-state index contributed by atoms with van der Waals surface area (Å²) in [6.45, 7) is 1.96. The van der Waals surface area contributed by atoms with E-state index in [1.165, 1.54) is 0 Å². The highest BCUT2D eigenvalue weighted by Gasteiger charge is 2.23. The van der Waals surface area contributed by atoms with E-state index in [0.29, 0.717) is 48.7 Å². The smallest absolute Gasteiger partial charge is 0.253 e. The van der Waals surface area contributed by atoms with Gasteiger partial charge in [0.1, 0.15) is 0 Å². The Morgan fingerprint density at radius 2 is 1.54 bits per heavy atom.